The Morgan fingerprint density at radius 2 is 1.16 bits per heavy atom. The van der Waals surface area contributed by atoms with Crippen LogP contribution < -0.4 is 0 Å². The molecule has 0 spiro atoms. The fraction of sp³-hybridized carbons (Fsp3) is 1.00. The molecule has 3 heterocycles. The van der Waals surface area contributed by atoms with E-state index in [1.165, 1.54) is 6.92 Å². The minimum absolute atomic E-state index is 0.842. The Bertz CT molecular complexity index is 784. The van der Waals surface area contributed by atoms with Crippen molar-refractivity contribution in [3.8, 4) is 0 Å². The molecule has 18 nitrogen and oxygen atoms in total. The second-order valence-electron chi connectivity index (χ2n) is 8.89. The van der Waals surface area contributed by atoms with E-state index in [0.717, 1.165) is 0 Å². The Kier molecular flexibility index (Phi) is 10.4. The summed E-state index contributed by atoms with van der Waals surface area (Å²) >= 11 is 0. The standard InChI is InChI=1S/C18H33O18P/c1-4-7(21)10(24)11(25)17(31-4)35-15-14(9(23)5(2-19)32-16(15)27)34-18-12(26)13(36-37(28,29)30)8(22)6(3-20)33-18/h4-27H,2-3H2,1H3,(H2,28,29,30)/t4-,5+,6+,7+,8-,9-,10+,11-,12-,13-,14+,15-,16-,17-,18-/m0/s1. The van der Waals surface area contributed by atoms with Crippen LogP contribution in [0, 0.1) is 0 Å². The Labute approximate surface area is 209 Å². The molecule has 0 aromatic carbocycles. The molecule has 3 saturated heterocycles. The summed E-state index contributed by atoms with van der Waals surface area (Å²) in [7, 11) is -5.28. The fourth-order valence-electron chi connectivity index (χ4n) is 4.24. The first-order valence-electron chi connectivity index (χ1n) is 11.2. The molecular formula is C18H33O18P. The molecule has 3 aliphatic rings. The van der Waals surface area contributed by atoms with Gasteiger partial charge in [0.05, 0.1) is 19.3 Å². The number of phosphoric acid groups is 1. The Morgan fingerprint density at radius 1 is 0.649 bits per heavy atom. The summed E-state index contributed by atoms with van der Waals surface area (Å²) in [5.74, 6) is 0. The maximum atomic E-state index is 11.3. The van der Waals surface area contributed by atoms with Gasteiger partial charge in [-0.1, -0.05) is 0 Å². The molecule has 0 unspecified atom stereocenters. The van der Waals surface area contributed by atoms with Crippen LogP contribution in [-0.2, 0) is 32.8 Å². The molecule has 15 atom stereocenters. The number of hydrogen-bond donors (Lipinski definition) is 11. The highest BCUT2D eigenvalue weighted by Gasteiger charge is 2.54. The van der Waals surface area contributed by atoms with Crippen LogP contribution in [0.4, 0.5) is 0 Å². The van der Waals surface area contributed by atoms with E-state index in [1.807, 2.05) is 0 Å². The van der Waals surface area contributed by atoms with Gasteiger partial charge in [-0.3, -0.25) is 4.52 Å². The first kappa shape index (κ1) is 31.1. The summed E-state index contributed by atoms with van der Waals surface area (Å²) in [6, 6.07) is 0. The molecule has 0 aromatic heterocycles. The lowest BCUT2D eigenvalue weighted by Gasteiger charge is -2.48. The maximum Gasteiger partial charge on any atom is 0.470 e. The highest BCUT2D eigenvalue weighted by atomic mass is 31.2. The number of phosphoric ester groups is 1. The highest BCUT2D eigenvalue weighted by molar-refractivity contribution is 7.46. The lowest BCUT2D eigenvalue weighted by atomic mass is 9.96. The van der Waals surface area contributed by atoms with Gasteiger partial charge >= 0.3 is 7.82 Å². The molecule has 37 heavy (non-hydrogen) atoms. The third-order valence-electron chi connectivity index (χ3n) is 6.29. The minimum Gasteiger partial charge on any atom is -0.394 e. The summed E-state index contributed by atoms with van der Waals surface area (Å²) < 4.78 is 42.5. The first-order chi connectivity index (χ1) is 17.2. The van der Waals surface area contributed by atoms with Crippen LogP contribution in [-0.4, -0.2) is 161 Å². The van der Waals surface area contributed by atoms with Gasteiger partial charge in [0.25, 0.3) is 0 Å². The highest BCUT2D eigenvalue weighted by Crippen LogP contribution is 2.42. The summed E-state index contributed by atoms with van der Waals surface area (Å²) in [4.78, 5) is 18.3. The number of aliphatic hydroxyl groups is 9. The fourth-order valence-corrected chi connectivity index (χ4v) is 4.81. The molecular weight excluding hydrogens is 535 g/mol. The van der Waals surface area contributed by atoms with Gasteiger partial charge in [-0.05, 0) is 6.92 Å². The molecule has 218 valence electrons. The third-order valence-corrected chi connectivity index (χ3v) is 6.81. The monoisotopic (exact) mass is 568 g/mol. The zero-order valence-electron chi connectivity index (χ0n) is 19.3. The van der Waals surface area contributed by atoms with Crippen LogP contribution in [0.5, 0.6) is 0 Å². The van der Waals surface area contributed by atoms with Crippen molar-refractivity contribution in [2.45, 2.75) is 99.0 Å². The zero-order chi connectivity index (χ0) is 27.8. The van der Waals surface area contributed by atoms with Gasteiger partial charge in [-0.15, -0.1) is 0 Å². The van der Waals surface area contributed by atoms with Crippen molar-refractivity contribution in [2.24, 2.45) is 0 Å². The molecule has 11 N–H and O–H groups in total. The van der Waals surface area contributed by atoms with Gasteiger partial charge in [-0.2, -0.15) is 0 Å². The Balaban J connectivity index is 1.86. The second-order valence-corrected chi connectivity index (χ2v) is 10.1. The molecule has 0 aromatic rings. The molecule has 3 aliphatic heterocycles. The summed E-state index contributed by atoms with van der Waals surface area (Å²) in [6.07, 6.45) is -26.4. The summed E-state index contributed by atoms with van der Waals surface area (Å²) in [5.41, 5.74) is 0. The van der Waals surface area contributed by atoms with Crippen molar-refractivity contribution < 1.29 is 88.5 Å². The Morgan fingerprint density at radius 3 is 1.73 bits per heavy atom. The molecule has 0 radical (unpaired) electrons. The van der Waals surface area contributed by atoms with Crippen LogP contribution in [0.2, 0.25) is 0 Å². The van der Waals surface area contributed by atoms with E-state index in [9.17, 15) is 50.5 Å². The number of rotatable bonds is 8. The van der Waals surface area contributed by atoms with E-state index in [4.69, 9.17) is 33.5 Å². The van der Waals surface area contributed by atoms with Crippen LogP contribution in [0.25, 0.3) is 0 Å². The summed E-state index contributed by atoms with van der Waals surface area (Å²) in [6.45, 7) is -0.416. The summed E-state index contributed by atoms with van der Waals surface area (Å²) in [5, 5.41) is 91.2. The Hall–Kier alpha value is -0.450. The zero-order valence-corrected chi connectivity index (χ0v) is 20.2. The van der Waals surface area contributed by atoms with Gasteiger partial charge in [0.1, 0.15) is 67.1 Å². The normalized spacial score (nSPS) is 49.7. The van der Waals surface area contributed by atoms with Crippen molar-refractivity contribution in [2.75, 3.05) is 13.2 Å². The van der Waals surface area contributed by atoms with Crippen molar-refractivity contribution in [3.05, 3.63) is 0 Å². The van der Waals surface area contributed by atoms with Gasteiger partial charge in [0, 0.05) is 0 Å². The lowest BCUT2D eigenvalue weighted by molar-refractivity contribution is -0.385. The molecule has 19 heteroatoms. The number of ether oxygens (including phenoxy) is 5. The minimum atomic E-state index is -5.28. The molecule has 0 bridgehead atoms. The van der Waals surface area contributed by atoms with Crippen molar-refractivity contribution >= 4 is 7.82 Å². The van der Waals surface area contributed by atoms with Gasteiger partial charge in [0.2, 0.25) is 0 Å². The van der Waals surface area contributed by atoms with Crippen molar-refractivity contribution in [1.82, 2.24) is 0 Å². The quantitative estimate of drug-likeness (QED) is 0.121. The van der Waals surface area contributed by atoms with E-state index < -0.39 is 113 Å². The first-order valence-corrected chi connectivity index (χ1v) is 12.7. The second kappa shape index (κ2) is 12.4. The topological polar surface area (TPSA) is 295 Å². The van der Waals surface area contributed by atoms with E-state index in [1.54, 1.807) is 0 Å². The molecule has 0 aliphatic carbocycles. The predicted molar refractivity (Wildman–Crippen MR) is 111 cm³/mol. The van der Waals surface area contributed by atoms with Gasteiger partial charge < -0.3 is 79.4 Å². The average molecular weight is 568 g/mol. The van der Waals surface area contributed by atoms with Gasteiger partial charge in [-0.25, -0.2) is 4.57 Å². The largest absolute Gasteiger partial charge is 0.470 e. The number of aliphatic hydroxyl groups excluding tert-OH is 9. The molecule has 3 fully saturated rings. The third kappa shape index (κ3) is 6.83. The predicted octanol–water partition coefficient (Wildman–Crippen LogP) is -6.43. The van der Waals surface area contributed by atoms with Crippen LogP contribution in [0.15, 0.2) is 0 Å². The van der Waals surface area contributed by atoms with Crippen molar-refractivity contribution in [1.29, 1.82) is 0 Å². The smallest absolute Gasteiger partial charge is 0.394 e. The SMILES string of the molecule is C[C@@H]1O[C@@H](O[C@H]2[C@H](O[C@@H]3O[C@H](CO)[C@H](O)[C@H](OP(=O)(O)O)[C@@H]3O)[C@@H](O)[C@@H](CO)O[C@@H]2O)[C@@H](O)[C@H](O)[C@@H]1O. The number of hydrogen-bond acceptors (Lipinski definition) is 16. The average Bonchev–Trinajstić information content (AvgIpc) is 2.83. The van der Waals surface area contributed by atoms with Crippen molar-refractivity contribution in [3.63, 3.8) is 0 Å². The van der Waals surface area contributed by atoms with E-state index in [0.29, 0.717) is 0 Å². The van der Waals surface area contributed by atoms with E-state index in [2.05, 4.69) is 4.52 Å². The van der Waals surface area contributed by atoms with Crippen LogP contribution in [0.3, 0.4) is 0 Å². The van der Waals surface area contributed by atoms with Crippen LogP contribution >= 0.6 is 7.82 Å². The molecule has 3 rings (SSSR count). The van der Waals surface area contributed by atoms with E-state index >= 15 is 0 Å². The maximum absolute atomic E-state index is 11.3. The molecule has 0 saturated carbocycles. The van der Waals surface area contributed by atoms with Crippen LogP contribution in [0.1, 0.15) is 6.92 Å². The molecule has 0 amide bonds. The van der Waals surface area contributed by atoms with E-state index in [-0.39, 0.29) is 0 Å². The lowest BCUT2D eigenvalue weighted by Crippen LogP contribution is -2.66. The van der Waals surface area contributed by atoms with Gasteiger partial charge in [0.15, 0.2) is 18.9 Å².